The van der Waals surface area contributed by atoms with Crippen LogP contribution < -0.4 is 5.14 Å². The summed E-state index contributed by atoms with van der Waals surface area (Å²) in [5.74, 6) is -0.0400. The van der Waals surface area contributed by atoms with Gasteiger partial charge >= 0.3 is 0 Å². The minimum atomic E-state index is -3.49. The van der Waals surface area contributed by atoms with E-state index in [1.165, 1.54) is 0 Å². The lowest BCUT2D eigenvalue weighted by molar-refractivity contribution is 0.00505. The lowest BCUT2D eigenvalue weighted by Crippen LogP contribution is -2.37. The summed E-state index contributed by atoms with van der Waals surface area (Å²) in [4.78, 5) is 0. The first-order valence-corrected chi connectivity index (χ1v) is 8.75. The molecule has 7 heteroatoms. The largest absolute Gasteiger partial charge is 0.385 e. The average molecular weight is 311 g/mol. The maximum absolute atomic E-state index is 11.3. The molecular weight excluding hydrogens is 282 g/mol. The first-order chi connectivity index (χ1) is 9.39. The van der Waals surface area contributed by atoms with E-state index in [2.05, 4.69) is 0 Å². The van der Waals surface area contributed by atoms with Gasteiger partial charge in [0, 0.05) is 25.7 Å². The number of sulfonamides is 1. The predicted octanol–water partition coefficient (Wildman–Crippen LogP) is 1.15. The van der Waals surface area contributed by atoms with Crippen molar-refractivity contribution in [3.05, 3.63) is 0 Å². The molecule has 0 aliphatic heterocycles. The third-order valence-electron chi connectivity index (χ3n) is 3.42. The van der Waals surface area contributed by atoms with Gasteiger partial charge in [-0.25, -0.2) is 13.6 Å². The van der Waals surface area contributed by atoms with E-state index < -0.39 is 15.4 Å². The third-order valence-corrected chi connectivity index (χ3v) is 4.44. The van der Waals surface area contributed by atoms with Gasteiger partial charge in [0.25, 0.3) is 0 Å². The Balaban J connectivity index is 3.93. The second-order valence-corrected chi connectivity index (χ2v) is 6.64. The fraction of sp³-hybridized carbons (Fsp3) is 1.00. The van der Waals surface area contributed by atoms with Crippen molar-refractivity contribution in [2.24, 2.45) is 10.6 Å². The molecule has 0 aromatic heterocycles. The topological polar surface area (TPSA) is 87.8 Å². The molecule has 0 spiro atoms. The molecule has 0 saturated heterocycles. The smallest absolute Gasteiger partial charge is 0.209 e. The minimum absolute atomic E-state index is 0.0400. The Morgan fingerprint density at radius 3 is 2.10 bits per heavy atom. The molecule has 0 bridgehead atoms. The SMILES string of the molecule is CCC(CC)(COCCOCCCOC)CS(N)(=O)=O. The summed E-state index contributed by atoms with van der Waals surface area (Å²) < 4.78 is 38.4. The second kappa shape index (κ2) is 10.5. The molecule has 0 saturated carbocycles. The zero-order valence-corrected chi connectivity index (χ0v) is 13.7. The second-order valence-electron chi connectivity index (χ2n) is 5.03. The Hall–Kier alpha value is -0.210. The number of primary sulfonamides is 1. The molecule has 2 N–H and O–H groups in total. The molecule has 6 nitrogen and oxygen atoms in total. The van der Waals surface area contributed by atoms with E-state index in [0.717, 1.165) is 6.42 Å². The van der Waals surface area contributed by atoms with Crippen molar-refractivity contribution in [3.63, 3.8) is 0 Å². The quantitative estimate of drug-likeness (QED) is 0.516. The predicted molar refractivity (Wildman–Crippen MR) is 79.1 cm³/mol. The minimum Gasteiger partial charge on any atom is -0.385 e. The van der Waals surface area contributed by atoms with Crippen LogP contribution in [-0.4, -0.2) is 54.3 Å². The van der Waals surface area contributed by atoms with Crippen LogP contribution in [0.25, 0.3) is 0 Å². The van der Waals surface area contributed by atoms with Crippen LogP contribution in [0.1, 0.15) is 33.1 Å². The first kappa shape index (κ1) is 19.8. The summed E-state index contributed by atoms with van der Waals surface area (Å²) in [5.41, 5.74) is -0.399. The van der Waals surface area contributed by atoms with Crippen LogP contribution in [0.5, 0.6) is 0 Å². The van der Waals surface area contributed by atoms with Crippen molar-refractivity contribution in [1.82, 2.24) is 0 Å². The molecular formula is C13H29NO5S. The molecule has 0 aliphatic carbocycles. The van der Waals surface area contributed by atoms with Gasteiger partial charge in [-0.05, 0) is 19.3 Å². The van der Waals surface area contributed by atoms with Crippen molar-refractivity contribution in [2.45, 2.75) is 33.1 Å². The van der Waals surface area contributed by atoms with Gasteiger partial charge in [0.15, 0.2) is 0 Å². The highest BCUT2D eigenvalue weighted by Gasteiger charge is 2.31. The van der Waals surface area contributed by atoms with Gasteiger partial charge in [-0.15, -0.1) is 0 Å². The van der Waals surface area contributed by atoms with E-state index in [-0.39, 0.29) is 5.75 Å². The Morgan fingerprint density at radius 2 is 1.60 bits per heavy atom. The maximum atomic E-state index is 11.3. The van der Waals surface area contributed by atoms with E-state index in [9.17, 15) is 8.42 Å². The number of hydrogen-bond donors (Lipinski definition) is 1. The summed E-state index contributed by atoms with van der Waals surface area (Å²) in [5, 5.41) is 5.15. The first-order valence-electron chi connectivity index (χ1n) is 7.04. The molecule has 0 atom stereocenters. The van der Waals surface area contributed by atoms with E-state index in [1.807, 2.05) is 13.8 Å². The van der Waals surface area contributed by atoms with Gasteiger partial charge in [0.05, 0.1) is 25.6 Å². The third kappa shape index (κ3) is 9.66. The van der Waals surface area contributed by atoms with Gasteiger partial charge in [-0.3, -0.25) is 0 Å². The van der Waals surface area contributed by atoms with Crippen LogP contribution in [0.3, 0.4) is 0 Å². The number of ether oxygens (including phenoxy) is 3. The Morgan fingerprint density at radius 1 is 1.00 bits per heavy atom. The molecule has 20 heavy (non-hydrogen) atoms. The zero-order valence-electron chi connectivity index (χ0n) is 12.9. The maximum Gasteiger partial charge on any atom is 0.209 e. The van der Waals surface area contributed by atoms with Crippen molar-refractivity contribution < 1.29 is 22.6 Å². The van der Waals surface area contributed by atoms with E-state index in [1.54, 1.807) is 7.11 Å². The standard InChI is InChI=1S/C13H29NO5S/c1-4-13(5-2,12-20(14,15)16)11-19-10-9-18-8-6-7-17-3/h4-12H2,1-3H3,(H2,14,15,16). The summed E-state index contributed by atoms with van der Waals surface area (Å²) in [6, 6.07) is 0. The fourth-order valence-electron chi connectivity index (χ4n) is 1.94. The highest BCUT2D eigenvalue weighted by atomic mass is 32.2. The lowest BCUT2D eigenvalue weighted by atomic mass is 9.85. The van der Waals surface area contributed by atoms with Crippen LogP contribution in [0.4, 0.5) is 0 Å². The summed E-state index contributed by atoms with van der Waals surface area (Å²) in [7, 11) is -1.83. The Kier molecular flexibility index (Phi) is 10.4. The number of methoxy groups -OCH3 is 1. The lowest BCUT2D eigenvalue weighted by Gasteiger charge is -2.30. The van der Waals surface area contributed by atoms with Crippen LogP contribution >= 0.6 is 0 Å². The molecule has 0 aromatic carbocycles. The van der Waals surface area contributed by atoms with Crippen LogP contribution in [0, 0.1) is 5.41 Å². The number of nitrogens with two attached hydrogens (primary N) is 1. The van der Waals surface area contributed by atoms with Crippen molar-refractivity contribution in [3.8, 4) is 0 Å². The molecule has 0 aliphatic rings. The highest BCUT2D eigenvalue weighted by molar-refractivity contribution is 7.89. The molecule has 0 rings (SSSR count). The fourth-order valence-corrected chi connectivity index (χ4v) is 3.29. The molecule has 0 aromatic rings. The molecule has 0 radical (unpaired) electrons. The van der Waals surface area contributed by atoms with E-state index >= 15 is 0 Å². The molecule has 0 amide bonds. The number of hydrogen-bond acceptors (Lipinski definition) is 5. The van der Waals surface area contributed by atoms with Crippen molar-refractivity contribution in [1.29, 1.82) is 0 Å². The molecule has 0 fully saturated rings. The Labute approximate surface area is 123 Å². The van der Waals surface area contributed by atoms with Gasteiger partial charge in [-0.1, -0.05) is 13.8 Å². The number of rotatable bonds is 13. The van der Waals surface area contributed by atoms with Crippen LogP contribution in [-0.2, 0) is 24.2 Å². The van der Waals surface area contributed by atoms with Gasteiger partial charge in [-0.2, -0.15) is 0 Å². The molecule has 0 unspecified atom stereocenters. The van der Waals surface area contributed by atoms with E-state index in [0.29, 0.717) is 45.9 Å². The van der Waals surface area contributed by atoms with Gasteiger partial charge in [0.1, 0.15) is 0 Å². The van der Waals surface area contributed by atoms with Gasteiger partial charge in [0.2, 0.25) is 10.0 Å². The van der Waals surface area contributed by atoms with Crippen molar-refractivity contribution in [2.75, 3.05) is 45.9 Å². The van der Waals surface area contributed by atoms with E-state index in [4.69, 9.17) is 19.3 Å². The summed E-state index contributed by atoms with van der Waals surface area (Å²) >= 11 is 0. The summed E-state index contributed by atoms with van der Waals surface area (Å²) in [6.45, 7) is 6.59. The normalized spacial score (nSPS) is 12.8. The summed E-state index contributed by atoms with van der Waals surface area (Å²) in [6.07, 6.45) is 2.29. The van der Waals surface area contributed by atoms with Gasteiger partial charge < -0.3 is 14.2 Å². The van der Waals surface area contributed by atoms with Crippen molar-refractivity contribution >= 4 is 10.0 Å². The molecule has 0 heterocycles. The average Bonchev–Trinajstić information content (AvgIpc) is 2.39. The zero-order chi connectivity index (χ0) is 15.5. The monoisotopic (exact) mass is 311 g/mol. The Bertz CT molecular complexity index is 328. The van der Waals surface area contributed by atoms with Crippen LogP contribution in [0.15, 0.2) is 0 Å². The molecule has 122 valence electrons. The van der Waals surface area contributed by atoms with Crippen LogP contribution in [0.2, 0.25) is 0 Å². The highest BCUT2D eigenvalue weighted by Crippen LogP contribution is 2.28.